The summed E-state index contributed by atoms with van der Waals surface area (Å²) in [6.45, 7) is 0. The quantitative estimate of drug-likeness (QED) is 0.792. The van der Waals surface area contributed by atoms with Gasteiger partial charge in [0.15, 0.2) is 0 Å². The number of halogens is 1. The Kier molecular flexibility index (Phi) is 5.08. The number of nitrogens with one attached hydrogen (secondary N) is 2. The van der Waals surface area contributed by atoms with Crippen molar-refractivity contribution in [1.29, 1.82) is 0 Å². The topological polar surface area (TPSA) is 84.2 Å². The summed E-state index contributed by atoms with van der Waals surface area (Å²) in [6, 6.07) is 6.95. The van der Waals surface area contributed by atoms with Crippen molar-refractivity contribution in [3.63, 3.8) is 0 Å². The molecule has 2 fully saturated rings. The highest BCUT2D eigenvalue weighted by Gasteiger charge is 2.49. The Balaban J connectivity index is 0.00000176. The molecule has 2 amide bonds. The predicted molar refractivity (Wildman–Crippen MR) is 88.0 cm³/mol. The Bertz CT molecular complexity index is 576. The molecule has 0 radical (unpaired) electrons. The molecule has 1 aromatic carbocycles. The Morgan fingerprint density at radius 3 is 2.59 bits per heavy atom. The molecule has 22 heavy (non-hydrogen) atoms. The molecule has 3 rings (SSSR count). The van der Waals surface area contributed by atoms with Gasteiger partial charge >= 0.3 is 0 Å². The standard InChI is InChI=1S/C16H21N3O2.ClH/c1-18-15(20)11-3-2-4-12(8-11)19-16(21)13-9-5-6-10(7-9)14(13)17;/h2-4,8-10,13-14H,5-7,17H2,1H3,(H,18,20)(H,19,21);1H. The maximum absolute atomic E-state index is 12.5. The van der Waals surface area contributed by atoms with E-state index in [9.17, 15) is 9.59 Å². The molecule has 6 heteroatoms. The average molecular weight is 324 g/mol. The highest BCUT2D eigenvalue weighted by atomic mass is 35.5. The fourth-order valence-electron chi connectivity index (χ4n) is 3.83. The zero-order valence-electron chi connectivity index (χ0n) is 12.5. The Hall–Kier alpha value is -1.59. The molecule has 2 aliphatic rings. The number of hydrogen-bond acceptors (Lipinski definition) is 3. The monoisotopic (exact) mass is 323 g/mol. The zero-order valence-corrected chi connectivity index (χ0v) is 13.4. The van der Waals surface area contributed by atoms with Gasteiger partial charge in [-0.2, -0.15) is 0 Å². The van der Waals surface area contributed by atoms with Crippen LogP contribution in [0, 0.1) is 17.8 Å². The van der Waals surface area contributed by atoms with E-state index in [4.69, 9.17) is 5.73 Å². The smallest absolute Gasteiger partial charge is 0.251 e. The second-order valence-electron chi connectivity index (χ2n) is 6.09. The minimum atomic E-state index is -0.164. The van der Waals surface area contributed by atoms with E-state index in [-0.39, 0.29) is 36.2 Å². The van der Waals surface area contributed by atoms with Crippen LogP contribution in [0.1, 0.15) is 29.6 Å². The van der Waals surface area contributed by atoms with Crippen LogP contribution < -0.4 is 16.4 Å². The Labute approximate surface area is 136 Å². The number of amides is 2. The van der Waals surface area contributed by atoms with Crippen molar-refractivity contribution in [3.05, 3.63) is 29.8 Å². The number of benzene rings is 1. The highest BCUT2D eigenvalue weighted by molar-refractivity contribution is 5.97. The third-order valence-electron chi connectivity index (χ3n) is 4.90. The molecule has 0 aromatic heterocycles. The SMILES string of the molecule is CNC(=O)c1cccc(NC(=O)C2C3CCC(C3)C2N)c1.Cl. The first-order valence-corrected chi connectivity index (χ1v) is 7.48. The third kappa shape index (κ3) is 2.96. The van der Waals surface area contributed by atoms with Crippen molar-refractivity contribution in [2.24, 2.45) is 23.5 Å². The Morgan fingerprint density at radius 2 is 1.95 bits per heavy atom. The maximum atomic E-state index is 12.5. The van der Waals surface area contributed by atoms with Crippen molar-refractivity contribution in [2.45, 2.75) is 25.3 Å². The van der Waals surface area contributed by atoms with E-state index < -0.39 is 0 Å². The van der Waals surface area contributed by atoms with Crippen LogP contribution in [0.3, 0.4) is 0 Å². The molecule has 0 aliphatic heterocycles. The van der Waals surface area contributed by atoms with Crippen LogP contribution in [0.25, 0.3) is 0 Å². The molecule has 4 unspecified atom stereocenters. The summed E-state index contributed by atoms with van der Waals surface area (Å²) in [7, 11) is 1.59. The molecule has 2 bridgehead atoms. The molecule has 120 valence electrons. The number of carbonyl (C=O) groups is 2. The average Bonchev–Trinajstić information content (AvgIpc) is 3.07. The van der Waals surface area contributed by atoms with Gasteiger partial charge in [0.05, 0.1) is 5.92 Å². The second kappa shape index (κ2) is 6.67. The predicted octanol–water partition coefficient (Wildman–Crippen LogP) is 1.78. The van der Waals surface area contributed by atoms with E-state index in [1.165, 1.54) is 0 Å². The first kappa shape index (κ1) is 16.8. The normalized spacial score (nSPS) is 28.8. The van der Waals surface area contributed by atoms with Gasteiger partial charge in [-0.25, -0.2) is 0 Å². The van der Waals surface area contributed by atoms with Crippen molar-refractivity contribution in [3.8, 4) is 0 Å². The summed E-state index contributed by atoms with van der Waals surface area (Å²) in [5.74, 6) is 0.661. The van der Waals surface area contributed by atoms with Gasteiger partial charge < -0.3 is 16.4 Å². The maximum Gasteiger partial charge on any atom is 0.251 e. The van der Waals surface area contributed by atoms with Gasteiger partial charge in [0.1, 0.15) is 0 Å². The van der Waals surface area contributed by atoms with Crippen molar-refractivity contribution >= 4 is 29.9 Å². The van der Waals surface area contributed by atoms with Gasteiger partial charge in [-0.05, 0) is 49.3 Å². The molecule has 4 atom stereocenters. The number of nitrogens with two attached hydrogens (primary N) is 1. The summed E-state index contributed by atoms with van der Waals surface area (Å²) < 4.78 is 0. The van der Waals surface area contributed by atoms with Crippen LogP contribution in [0.2, 0.25) is 0 Å². The van der Waals surface area contributed by atoms with Crippen LogP contribution in [0.4, 0.5) is 5.69 Å². The van der Waals surface area contributed by atoms with E-state index >= 15 is 0 Å². The number of rotatable bonds is 3. The molecular weight excluding hydrogens is 302 g/mol. The molecule has 1 aromatic rings. The summed E-state index contributed by atoms with van der Waals surface area (Å²) >= 11 is 0. The summed E-state index contributed by atoms with van der Waals surface area (Å²) in [5, 5.41) is 5.49. The number of hydrogen-bond donors (Lipinski definition) is 3. The Morgan fingerprint density at radius 1 is 1.23 bits per heavy atom. The van der Waals surface area contributed by atoms with Crippen molar-refractivity contribution < 1.29 is 9.59 Å². The van der Waals surface area contributed by atoms with Crippen molar-refractivity contribution in [2.75, 3.05) is 12.4 Å². The molecule has 0 spiro atoms. The van der Waals surface area contributed by atoms with Gasteiger partial charge in [0.2, 0.25) is 5.91 Å². The van der Waals surface area contributed by atoms with E-state index in [2.05, 4.69) is 10.6 Å². The molecule has 5 nitrogen and oxygen atoms in total. The summed E-state index contributed by atoms with van der Waals surface area (Å²) in [4.78, 5) is 24.1. The van der Waals surface area contributed by atoms with Crippen LogP contribution in [-0.4, -0.2) is 24.9 Å². The molecular formula is C16H22ClN3O2. The van der Waals surface area contributed by atoms with Crippen LogP contribution in [-0.2, 0) is 4.79 Å². The van der Waals surface area contributed by atoms with Crippen molar-refractivity contribution in [1.82, 2.24) is 5.32 Å². The van der Waals surface area contributed by atoms with Gasteiger partial charge in [0, 0.05) is 24.3 Å². The molecule has 2 aliphatic carbocycles. The van der Waals surface area contributed by atoms with E-state index in [0.717, 1.165) is 19.3 Å². The van der Waals surface area contributed by atoms with Crippen LogP contribution >= 0.6 is 12.4 Å². The largest absolute Gasteiger partial charge is 0.355 e. The third-order valence-corrected chi connectivity index (χ3v) is 4.90. The zero-order chi connectivity index (χ0) is 15.0. The molecule has 2 saturated carbocycles. The van der Waals surface area contributed by atoms with E-state index in [0.29, 0.717) is 23.1 Å². The van der Waals surface area contributed by atoms with Gasteiger partial charge in [-0.15, -0.1) is 12.4 Å². The van der Waals surface area contributed by atoms with E-state index in [1.54, 1.807) is 31.3 Å². The number of anilines is 1. The number of fused-ring (bicyclic) bond motifs is 2. The van der Waals surface area contributed by atoms with Gasteiger partial charge in [0.25, 0.3) is 5.91 Å². The summed E-state index contributed by atoms with van der Waals surface area (Å²) in [6.07, 6.45) is 3.34. The molecule has 0 heterocycles. The fourth-order valence-corrected chi connectivity index (χ4v) is 3.83. The molecule has 4 N–H and O–H groups in total. The van der Waals surface area contributed by atoms with Gasteiger partial charge in [-0.1, -0.05) is 6.07 Å². The lowest BCUT2D eigenvalue weighted by molar-refractivity contribution is -0.121. The lowest BCUT2D eigenvalue weighted by Gasteiger charge is -2.27. The minimum absolute atomic E-state index is 0. The fraction of sp³-hybridized carbons (Fsp3) is 0.500. The first-order valence-electron chi connectivity index (χ1n) is 7.48. The number of carbonyl (C=O) groups excluding carboxylic acids is 2. The highest BCUT2D eigenvalue weighted by Crippen LogP contribution is 2.47. The van der Waals surface area contributed by atoms with Crippen LogP contribution in [0.5, 0.6) is 0 Å². The van der Waals surface area contributed by atoms with Crippen LogP contribution in [0.15, 0.2) is 24.3 Å². The second-order valence-corrected chi connectivity index (χ2v) is 6.09. The lowest BCUT2D eigenvalue weighted by atomic mass is 9.84. The first-order chi connectivity index (χ1) is 10.1. The molecule has 0 saturated heterocycles. The lowest BCUT2D eigenvalue weighted by Crippen LogP contribution is -2.42. The van der Waals surface area contributed by atoms with Gasteiger partial charge in [-0.3, -0.25) is 9.59 Å². The van der Waals surface area contributed by atoms with E-state index in [1.807, 2.05) is 0 Å². The summed E-state index contributed by atoms with van der Waals surface area (Å²) in [5.41, 5.74) is 7.38. The minimum Gasteiger partial charge on any atom is -0.355 e.